The van der Waals surface area contributed by atoms with Crippen molar-refractivity contribution < 1.29 is 0 Å². The van der Waals surface area contributed by atoms with Gasteiger partial charge in [-0.1, -0.05) is 48.5 Å². The van der Waals surface area contributed by atoms with Crippen LogP contribution in [0.25, 0.3) is 10.8 Å². The lowest BCUT2D eigenvalue weighted by atomic mass is 10.00. The summed E-state index contributed by atoms with van der Waals surface area (Å²) in [4.78, 5) is 15.9. The molecule has 27 heavy (non-hydrogen) atoms. The highest BCUT2D eigenvalue weighted by atomic mass is 15.2. The number of hydrogen-bond acceptors (Lipinski definition) is 5. The minimum Gasteiger partial charge on any atom is -0.352 e. The number of pyridine rings is 1. The van der Waals surface area contributed by atoms with Gasteiger partial charge >= 0.3 is 0 Å². The predicted octanol–water partition coefficient (Wildman–Crippen LogP) is 4.33. The molecule has 0 saturated carbocycles. The molecule has 132 valence electrons. The quantitative estimate of drug-likeness (QED) is 0.594. The van der Waals surface area contributed by atoms with Gasteiger partial charge < -0.3 is 10.2 Å². The van der Waals surface area contributed by atoms with E-state index in [4.69, 9.17) is 4.98 Å². The molecule has 0 aliphatic carbocycles. The van der Waals surface area contributed by atoms with Gasteiger partial charge in [-0.25, -0.2) is 9.97 Å². The fourth-order valence-corrected chi connectivity index (χ4v) is 3.60. The van der Waals surface area contributed by atoms with E-state index in [1.165, 1.54) is 11.1 Å². The highest BCUT2D eigenvalue weighted by Gasteiger charge is 2.17. The fraction of sp³-hybridized carbons (Fsp3) is 0.136. The molecule has 0 unspecified atom stereocenters. The third-order valence-corrected chi connectivity index (χ3v) is 5.00. The Balaban J connectivity index is 1.43. The number of fused-ring (bicyclic) bond motifs is 2. The average Bonchev–Trinajstić information content (AvgIpc) is 2.74. The van der Waals surface area contributed by atoms with Crippen LogP contribution in [0.3, 0.4) is 0 Å². The summed E-state index contributed by atoms with van der Waals surface area (Å²) in [7, 11) is 0. The first-order chi connectivity index (χ1) is 13.4. The Labute approximate surface area is 157 Å². The first-order valence-corrected chi connectivity index (χ1v) is 9.12. The van der Waals surface area contributed by atoms with Crippen molar-refractivity contribution >= 4 is 28.4 Å². The molecule has 2 aromatic carbocycles. The molecule has 0 atom stereocenters. The van der Waals surface area contributed by atoms with Crippen LogP contribution in [0.15, 0.2) is 73.1 Å². The molecule has 5 heteroatoms. The topological polar surface area (TPSA) is 53.9 Å². The van der Waals surface area contributed by atoms with Gasteiger partial charge in [0.25, 0.3) is 0 Å². The molecule has 1 N–H and O–H groups in total. The van der Waals surface area contributed by atoms with E-state index in [0.717, 1.165) is 41.9 Å². The second kappa shape index (κ2) is 6.68. The molecule has 0 spiro atoms. The van der Waals surface area contributed by atoms with E-state index in [2.05, 4.69) is 56.6 Å². The van der Waals surface area contributed by atoms with Gasteiger partial charge in [-0.05, 0) is 35.1 Å². The van der Waals surface area contributed by atoms with Gasteiger partial charge in [-0.15, -0.1) is 0 Å². The molecule has 1 aliphatic rings. The monoisotopic (exact) mass is 353 g/mol. The van der Waals surface area contributed by atoms with Crippen molar-refractivity contribution in [2.45, 2.75) is 13.0 Å². The molecular weight excluding hydrogens is 334 g/mol. The minimum absolute atomic E-state index is 0.565. The van der Waals surface area contributed by atoms with Gasteiger partial charge in [-0.3, -0.25) is 0 Å². The van der Waals surface area contributed by atoms with Crippen LogP contribution in [0.1, 0.15) is 11.1 Å². The Morgan fingerprint density at radius 2 is 1.63 bits per heavy atom. The lowest BCUT2D eigenvalue weighted by Crippen LogP contribution is -2.31. The van der Waals surface area contributed by atoms with E-state index in [-0.39, 0.29) is 0 Å². The van der Waals surface area contributed by atoms with Crippen LogP contribution in [-0.4, -0.2) is 21.5 Å². The van der Waals surface area contributed by atoms with Gasteiger partial charge in [-0.2, -0.15) is 4.98 Å². The van der Waals surface area contributed by atoms with Crippen molar-refractivity contribution in [2.75, 3.05) is 16.8 Å². The zero-order chi connectivity index (χ0) is 18.1. The number of rotatable bonds is 3. The first-order valence-electron chi connectivity index (χ1n) is 9.12. The average molecular weight is 353 g/mol. The van der Waals surface area contributed by atoms with Crippen LogP contribution in [0.4, 0.5) is 17.6 Å². The molecule has 5 rings (SSSR count). The number of nitrogens with one attached hydrogen (secondary N) is 1. The maximum absolute atomic E-state index is 4.74. The van der Waals surface area contributed by atoms with Crippen molar-refractivity contribution in [1.29, 1.82) is 0 Å². The highest BCUT2D eigenvalue weighted by molar-refractivity contribution is 5.92. The van der Waals surface area contributed by atoms with Crippen molar-refractivity contribution in [3.8, 4) is 0 Å². The molecule has 0 saturated heterocycles. The van der Waals surface area contributed by atoms with Crippen LogP contribution in [0.2, 0.25) is 0 Å². The van der Waals surface area contributed by atoms with Crippen LogP contribution in [0, 0.1) is 0 Å². The zero-order valence-corrected chi connectivity index (χ0v) is 14.8. The van der Waals surface area contributed by atoms with Crippen LogP contribution in [-0.2, 0) is 13.0 Å². The Morgan fingerprint density at radius 3 is 2.59 bits per heavy atom. The Morgan fingerprint density at radius 1 is 0.815 bits per heavy atom. The van der Waals surface area contributed by atoms with Gasteiger partial charge in [0, 0.05) is 30.9 Å². The van der Waals surface area contributed by atoms with E-state index in [1.54, 1.807) is 12.4 Å². The number of aromatic nitrogens is 3. The van der Waals surface area contributed by atoms with E-state index >= 15 is 0 Å². The van der Waals surface area contributed by atoms with Gasteiger partial charge in [0.15, 0.2) is 0 Å². The zero-order valence-electron chi connectivity index (χ0n) is 14.8. The van der Waals surface area contributed by atoms with Crippen molar-refractivity contribution in [3.05, 3.63) is 84.2 Å². The second-order valence-electron chi connectivity index (χ2n) is 6.68. The first kappa shape index (κ1) is 15.8. The molecule has 2 aromatic heterocycles. The van der Waals surface area contributed by atoms with Crippen LogP contribution >= 0.6 is 0 Å². The Kier molecular flexibility index (Phi) is 3.90. The summed E-state index contributed by atoms with van der Waals surface area (Å²) in [5, 5.41) is 5.48. The highest BCUT2D eigenvalue weighted by Crippen LogP contribution is 2.25. The van der Waals surface area contributed by atoms with E-state index in [0.29, 0.717) is 5.95 Å². The summed E-state index contributed by atoms with van der Waals surface area (Å²) < 4.78 is 0. The molecule has 4 aromatic rings. The molecule has 5 nitrogen and oxygen atoms in total. The molecule has 0 amide bonds. The summed E-state index contributed by atoms with van der Waals surface area (Å²) >= 11 is 0. The van der Waals surface area contributed by atoms with Gasteiger partial charge in [0.2, 0.25) is 5.95 Å². The van der Waals surface area contributed by atoms with Crippen molar-refractivity contribution in [2.24, 2.45) is 0 Å². The third-order valence-electron chi connectivity index (χ3n) is 5.00. The lowest BCUT2D eigenvalue weighted by molar-refractivity contribution is 0.720. The number of hydrogen-bond donors (Lipinski definition) is 1. The lowest BCUT2D eigenvalue weighted by Gasteiger charge is -2.29. The fourth-order valence-electron chi connectivity index (χ4n) is 3.60. The minimum atomic E-state index is 0.565. The molecule has 0 fully saturated rings. The SMILES string of the molecule is c1ccc2c(c1)CCN(c1ccnc(Nc3nccc4ccccc34)n1)C2. The summed E-state index contributed by atoms with van der Waals surface area (Å²) in [5.74, 6) is 2.27. The summed E-state index contributed by atoms with van der Waals surface area (Å²) in [6, 6.07) is 20.8. The van der Waals surface area contributed by atoms with Gasteiger partial charge in [0.1, 0.15) is 11.6 Å². The standard InChI is InChI=1S/C22H19N5/c1-2-7-18-15-27(14-11-16(18)5-1)20-10-13-24-22(25-20)26-21-19-8-4-3-6-17(19)9-12-23-21/h1-10,12-13H,11,14-15H2,(H,23,24,25,26). The summed E-state index contributed by atoms with van der Waals surface area (Å²) in [6.45, 7) is 1.83. The van der Waals surface area contributed by atoms with Crippen molar-refractivity contribution in [3.63, 3.8) is 0 Å². The third kappa shape index (κ3) is 3.08. The molecule has 0 radical (unpaired) electrons. The van der Waals surface area contributed by atoms with Crippen LogP contribution in [0.5, 0.6) is 0 Å². The van der Waals surface area contributed by atoms with Crippen molar-refractivity contribution in [1.82, 2.24) is 15.0 Å². The number of anilines is 3. The molecule has 0 bridgehead atoms. The maximum Gasteiger partial charge on any atom is 0.230 e. The van der Waals surface area contributed by atoms with E-state index < -0.39 is 0 Å². The molecular formula is C22H19N5. The Bertz CT molecular complexity index is 1100. The number of nitrogens with zero attached hydrogens (tertiary/aromatic N) is 4. The smallest absolute Gasteiger partial charge is 0.230 e. The predicted molar refractivity (Wildman–Crippen MR) is 108 cm³/mol. The van der Waals surface area contributed by atoms with E-state index in [9.17, 15) is 0 Å². The second-order valence-corrected chi connectivity index (χ2v) is 6.68. The summed E-state index contributed by atoms with van der Waals surface area (Å²) in [6.07, 6.45) is 4.64. The largest absolute Gasteiger partial charge is 0.352 e. The normalized spacial score (nSPS) is 13.4. The molecule has 3 heterocycles. The summed E-state index contributed by atoms with van der Waals surface area (Å²) in [5.41, 5.74) is 2.80. The van der Waals surface area contributed by atoms with E-state index in [1.807, 2.05) is 24.3 Å². The van der Waals surface area contributed by atoms with Gasteiger partial charge in [0.05, 0.1) is 0 Å². The molecule has 1 aliphatic heterocycles. The maximum atomic E-state index is 4.74. The van der Waals surface area contributed by atoms with Crippen LogP contribution < -0.4 is 10.2 Å². The number of benzene rings is 2. The Hall–Kier alpha value is -3.47.